The molecule has 11 atom stereocenters. The number of nitrogens with zero attached hydrogens (tertiary/aromatic N) is 1. The summed E-state index contributed by atoms with van der Waals surface area (Å²) in [4.78, 5) is 40.6. The number of aliphatic imine (C=N–C) groups is 1. The van der Waals surface area contributed by atoms with Crippen LogP contribution in [0.15, 0.2) is 53.6 Å². The van der Waals surface area contributed by atoms with Crippen LogP contribution in [0, 0.1) is 11.3 Å². The van der Waals surface area contributed by atoms with Crippen LogP contribution in [0.1, 0.15) is 72.6 Å². The van der Waals surface area contributed by atoms with Crippen molar-refractivity contribution in [3.05, 3.63) is 48.6 Å². The number of guanidine groups is 1. The summed E-state index contributed by atoms with van der Waals surface area (Å²) in [6, 6.07) is -1.06. The molecule has 17 heteroatoms. The van der Waals surface area contributed by atoms with Crippen LogP contribution >= 0.6 is 0 Å². The van der Waals surface area contributed by atoms with Gasteiger partial charge in [-0.1, -0.05) is 63.3 Å². The van der Waals surface area contributed by atoms with Gasteiger partial charge in [-0.15, -0.1) is 0 Å². The summed E-state index contributed by atoms with van der Waals surface area (Å²) in [7, 11) is 1.56. The summed E-state index contributed by atoms with van der Waals surface area (Å²) in [6.45, 7) is 11.6. The Morgan fingerprint density at radius 1 is 1.07 bits per heavy atom. The highest BCUT2D eigenvalue weighted by molar-refractivity contribution is 5.91. The maximum Gasteiger partial charge on any atom is 0.326 e. The van der Waals surface area contributed by atoms with Gasteiger partial charge in [0.15, 0.2) is 18.3 Å². The third-order valence-electron chi connectivity index (χ3n) is 10.4. The number of methoxy groups -OCH3 is 1. The molecule has 10 N–H and O–H groups in total. The fourth-order valence-electron chi connectivity index (χ4n) is 6.99. The molecule has 2 amide bonds. The third-order valence-corrected chi connectivity index (χ3v) is 10.4. The topological polar surface area (TPSA) is 267 Å². The number of nitrogens with one attached hydrogen (secondary N) is 2. The molecule has 0 aliphatic carbocycles. The van der Waals surface area contributed by atoms with E-state index in [1.165, 1.54) is 12.2 Å². The van der Waals surface area contributed by atoms with Gasteiger partial charge in [0.05, 0.1) is 24.4 Å². The zero-order valence-corrected chi connectivity index (χ0v) is 32.5. The predicted octanol–water partition coefficient (Wildman–Crippen LogP) is 0.874. The van der Waals surface area contributed by atoms with E-state index >= 15 is 0 Å². The van der Waals surface area contributed by atoms with Crippen molar-refractivity contribution < 1.29 is 58.5 Å². The highest BCUT2D eigenvalue weighted by Crippen LogP contribution is 2.44. The van der Waals surface area contributed by atoms with Crippen molar-refractivity contribution in [1.29, 1.82) is 0 Å². The molecule has 3 aliphatic heterocycles. The molecule has 0 spiro atoms. The summed E-state index contributed by atoms with van der Waals surface area (Å²) in [5.74, 6) is -4.92. The second-order valence-electron chi connectivity index (χ2n) is 14.9. The molecule has 0 saturated carbocycles. The number of fused-ring (bicyclic) bond motifs is 1. The number of carbonyl (C=O) groups is 3. The van der Waals surface area contributed by atoms with Crippen molar-refractivity contribution in [2.45, 2.75) is 133 Å². The Hall–Kier alpha value is -3.68. The number of amides is 2. The number of nitrogens with two attached hydrogens (primary N) is 2. The largest absolute Gasteiger partial charge is 0.480 e. The van der Waals surface area contributed by atoms with E-state index in [1.54, 1.807) is 32.3 Å². The number of carbonyl (C=O) groups excluding carboxylic acids is 2. The van der Waals surface area contributed by atoms with E-state index in [0.29, 0.717) is 31.3 Å². The third kappa shape index (κ3) is 12.9. The molecule has 310 valence electrons. The van der Waals surface area contributed by atoms with Crippen LogP contribution in [-0.4, -0.2) is 125 Å². The van der Waals surface area contributed by atoms with Gasteiger partial charge in [-0.3, -0.25) is 14.6 Å². The van der Waals surface area contributed by atoms with Gasteiger partial charge in [0.25, 0.3) is 5.91 Å². The maximum absolute atomic E-state index is 13.3. The van der Waals surface area contributed by atoms with Crippen molar-refractivity contribution in [1.82, 2.24) is 10.6 Å². The first-order valence-corrected chi connectivity index (χ1v) is 18.7. The molecule has 17 nitrogen and oxygen atoms in total. The lowest BCUT2D eigenvalue weighted by Crippen LogP contribution is -2.69. The molecular weight excluding hydrogens is 718 g/mol. The summed E-state index contributed by atoms with van der Waals surface area (Å²) in [5.41, 5.74) is 10.6. The molecule has 3 heterocycles. The Morgan fingerprint density at radius 2 is 1.78 bits per heavy atom. The predicted molar refractivity (Wildman–Crippen MR) is 202 cm³/mol. The van der Waals surface area contributed by atoms with Crippen LogP contribution in [0.2, 0.25) is 0 Å². The number of ether oxygens (including phenoxy) is 5. The number of carboxylic acids is 1. The number of unbranched alkanes of at least 4 members (excludes halogenated alkanes) is 1. The Balaban J connectivity index is 1.49. The first-order valence-electron chi connectivity index (χ1n) is 18.7. The zero-order valence-electron chi connectivity index (χ0n) is 32.5. The number of allylic oxidation sites excluding steroid dienone is 5. The fourth-order valence-corrected chi connectivity index (χ4v) is 6.99. The Kier molecular flexibility index (Phi) is 17.5. The van der Waals surface area contributed by atoms with E-state index in [0.717, 1.165) is 0 Å². The lowest BCUT2D eigenvalue weighted by molar-refractivity contribution is -0.332. The number of hydrogen-bond acceptors (Lipinski definition) is 12. The monoisotopic (exact) mass is 779 g/mol. The lowest BCUT2D eigenvalue weighted by Gasteiger charge is -2.54. The second kappa shape index (κ2) is 21.0. The molecule has 0 aromatic carbocycles. The molecule has 0 aromatic heterocycles. The molecule has 0 aromatic rings. The zero-order chi connectivity index (χ0) is 40.9. The van der Waals surface area contributed by atoms with E-state index in [4.69, 9.17) is 35.2 Å². The van der Waals surface area contributed by atoms with Gasteiger partial charge in [0.1, 0.15) is 25.0 Å². The number of rotatable bonds is 19. The molecule has 0 radical (unpaired) electrons. The number of aliphatic hydroxyl groups excluding tert-OH is 2. The quantitative estimate of drug-likeness (QED) is 0.0226. The van der Waals surface area contributed by atoms with E-state index in [-0.39, 0.29) is 44.5 Å². The van der Waals surface area contributed by atoms with E-state index < -0.39 is 84.0 Å². The standard InChI is InChI=1S/C38H61N5O12/c1-22-20-38(50,55-24(3)23(22)2)31(46)33(47)43-34-30-29(52-21-53-34)32(51-6)37(4,5)27(54-30)19-25(44)15-12-10-8-7-9-11-13-17-28(45)42-26(35(48)49)16-14-18-41-36(39)40/h7-9,11,13,17,23-27,29-32,34,44,46,50H,1,10,12,14-16,18-21H2,2-6H3,(H,42,45)(H,43,47)(H,48,49)(H4,39,40,41). The van der Waals surface area contributed by atoms with Crippen molar-refractivity contribution >= 4 is 23.7 Å². The maximum atomic E-state index is 13.3. The average Bonchev–Trinajstić information content (AvgIpc) is 3.11. The average molecular weight is 780 g/mol. The van der Waals surface area contributed by atoms with E-state index in [2.05, 4.69) is 22.2 Å². The molecule has 11 unspecified atom stereocenters. The van der Waals surface area contributed by atoms with Crippen molar-refractivity contribution in [2.24, 2.45) is 27.8 Å². The normalized spacial score (nSPS) is 31.1. The minimum Gasteiger partial charge on any atom is -0.480 e. The number of aliphatic hydroxyl groups is 3. The number of carboxylic acid groups (broad SMARTS) is 1. The number of hydrogen-bond donors (Lipinski definition) is 8. The van der Waals surface area contributed by atoms with Gasteiger partial charge in [-0.25, -0.2) is 4.79 Å². The van der Waals surface area contributed by atoms with Crippen LogP contribution in [0.3, 0.4) is 0 Å². The Bertz CT molecular complexity index is 1430. The summed E-state index contributed by atoms with van der Waals surface area (Å²) in [5, 5.41) is 47.5. The molecule has 3 saturated heterocycles. The van der Waals surface area contributed by atoms with E-state index in [9.17, 15) is 34.8 Å². The van der Waals surface area contributed by atoms with Gasteiger partial charge >= 0.3 is 5.97 Å². The minimum absolute atomic E-state index is 0.0630. The second-order valence-corrected chi connectivity index (χ2v) is 14.9. The van der Waals surface area contributed by atoms with Gasteiger partial charge in [-0.2, -0.15) is 0 Å². The molecular formula is C38H61N5O12. The fraction of sp³-hybridized carbons (Fsp3) is 0.684. The first kappa shape index (κ1) is 45.7. The minimum atomic E-state index is -2.16. The van der Waals surface area contributed by atoms with Gasteiger partial charge in [-0.05, 0) is 39.0 Å². The lowest BCUT2D eigenvalue weighted by atomic mass is 9.72. The molecule has 3 rings (SSSR count). The van der Waals surface area contributed by atoms with Crippen LogP contribution in [0.5, 0.6) is 0 Å². The molecule has 55 heavy (non-hydrogen) atoms. The Morgan fingerprint density at radius 3 is 2.44 bits per heavy atom. The van der Waals surface area contributed by atoms with E-state index in [1.807, 2.05) is 26.8 Å². The SMILES string of the molecule is C=C1CC(O)(C(O)C(=O)NC2OCOC3C2OC(CC(O)CCCC=CC=CC=CC(=O)NC(CCCN=C(N)N)C(=O)O)C(C)(C)C3OC)OC(C)C1C. The molecule has 3 aliphatic rings. The summed E-state index contributed by atoms with van der Waals surface area (Å²) >= 11 is 0. The Labute approximate surface area is 322 Å². The number of aliphatic carboxylic acids is 1. The van der Waals surface area contributed by atoms with Crippen LogP contribution in [-0.2, 0) is 38.1 Å². The smallest absolute Gasteiger partial charge is 0.326 e. The summed E-state index contributed by atoms with van der Waals surface area (Å²) in [6.07, 6.45) is 5.66. The van der Waals surface area contributed by atoms with Gasteiger partial charge in [0, 0.05) is 43.9 Å². The van der Waals surface area contributed by atoms with Crippen LogP contribution in [0.4, 0.5) is 0 Å². The van der Waals surface area contributed by atoms with Crippen LogP contribution < -0.4 is 22.1 Å². The van der Waals surface area contributed by atoms with Gasteiger partial charge in [0.2, 0.25) is 11.7 Å². The molecule has 3 fully saturated rings. The summed E-state index contributed by atoms with van der Waals surface area (Å²) < 4.78 is 29.7. The highest BCUT2D eigenvalue weighted by Gasteiger charge is 2.57. The molecule has 0 bridgehead atoms. The van der Waals surface area contributed by atoms with Crippen molar-refractivity contribution in [3.8, 4) is 0 Å². The van der Waals surface area contributed by atoms with Crippen molar-refractivity contribution in [2.75, 3.05) is 20.4 Å². The van der Waals surface area contributed by atoms with Crippen LogP contribution in [0.25, 0.3) is 0 Å². The first-order chi connectivity index (χ1) is 25.9. The van der Waals surface area contributed by atoms with Gasteiger partial charge < -0.3 is 66.2 Å². The highest BCUT2D eigenvalue weighted by atomic mass is 16.7. The van der Waals surface area contributed by atoms with Crippen molar-refractivity contribution in [3.63, 3.8) is 0 Å².